The van der Waals surface area contributed by atoms with Gasteiger partial charge in [0.2, 0.25) is 0 Å². The van der Waals surface area contributed by atoms with E-state index in [2.05, 4.69) is 15.5 Å². The first-order valence-corrected chi connectivity index (χ1v) is 7.88. The fourth-order valence-electron chi connectivity index (χ4n) is 2.62. The highest BCUT2D eigenvalue weighted by atomic mass is 16.3. The van der Waals surface area contributed by atoms with Crippen molar-refractivity contribution in [3.05, 3.63) is 24.2 Å². The molecular weight excluding hydrogens is 282 g/mol. The van der Waals surface area contributed by atoms with Gasteiger partial charge in [0.25, 0.3) is 0 Å². The minimum atomic E-state index is -0.551. The molecule has 0 bridgehead atoms. The smallest absolute Gasteiger partial charge is 0.309 e. The molecule has 0 aliphatic carbocycles. The van der Waals surface area contributed by atoms with E-state index in [-0.39, 0.29) is 6.04 Å². The van der Waals surface area contributed by atoms with Crippen molar-refractivity contribution in [1.82, 2.24) is 15.5 Å². The third-order valence-electron chi connectivity index (χ3n) is 3.84. The zero-order valence-electron chi connectivity index (χ0n) is 13.3. The number of hydrogen-bond acceptors (Lipinski definition) is 4. The van der Waals surface area contributed by atoms with Crippen LogP contribution in [0, 0.1) is 5.92 Å². The minimum absolute atomic E-state index is 0.0249. The zero-order valence-corrected chi connectivity index (χ0v) is 13.3. The summed E-state index contributed by atoms with van der Waals surface area (Å²) in [6.07, 6.45) is 3.74. The molecule has 0 aromatic carbocycles. The van der Waals surface area contributed by atoms with Crippen LogP contribution in [0.25, 0.3) is 0 Å². The number of furan rings is 1. The van der Waals surface area contributed by atoms with Gasteiger partial charge in [-0.2, -0.15) is 0 Å². The van der Waals surface area contributed by atoms with Crippen LogP contribution in [0.3, 0.4) is 0 Å². The molecule has 122 valence electrons. The van der Waals surface area contributed by atoms with E-state index in [1.807, 2.05) is 26.0 Å². The van der Waals surface area contributed by atoms with Gasteiger partial charge in [-0.1, -0.05) is 0 Å². The summed E-state index contributed by atoms with van der Waals surface area (Å²) in [7, 11) is 0. The lowest BCUT2D eigenvalue weighted by molar-refractivity contribution is -0.139. The first-order chi connectivity index (χ1) is 10.5. The summed E-state index contributed by atoms with van der Waals surface area (Å²) in [6, 6.07) is 3.86. The first-order valence-electron chi connectivity index (χ1n) is 7.88. The molecule has 0 radical (unpaired) electrons. The molecule has 0 spiro atoms. The second-order valence-corrected chi connectivity index (χ2v) is 6.14. The number of nitrogens with one attached hydrogen (secondary N) is 2. The van der Waals surface area contributed by atoms with E-state index in [0.717, 1.165) is 38.2 Å². The van der Waals surface area contributed by atoms with Gasteiger partial charge < -0.3 is 15.1 Å². The lowest BCUT2D eigenvalue weighted by Crippen LogP contribution is -2.45. The summed E-state index contributed by atoms with van der Waals surface area (Å²) in [6.45, 7) is 7.04. The molecule has 2 N–H and O–H groups in total. The largest absolute Gasteiger partial charge is 0.468 e. The van der Waals surface area contributed by atoms with Crippen molar-refractivity contribution in [2.24, 2.45) is 5.92 Å². The molecule has 2 heterocycles. The van der Waals surface area contributed by atoms with Crippen LogP contribution >= 0.6 is 0 Å². The molecule has 1 fully saturated rings. The Morgan fingerprint density at radius 3 is 2.64 bits per heavy atom. The minimum Gasteiger partial charge on any atom is -0.468 e. The van der Waals surface area contributed by atoms with Crippen molar-refractivity contribution >= 4 is 11.8 Å². The molecule has 1 saturated heterocycles. The van der Waals surface area contributed by atoms with Gasteiger partial charge in [0.1, 0.15) is 5.76 Å². The van der Waals surface area contributed by atoms with Gasteiger partial charge in [-0.25, -0.2) is 0 Å². The number of likely N-dealkylation sites (tertiary alicyclic amines) is 1. The standard InChI is InChI=1S/C16H25N3O3/c1-12(2)18-16(21)15(20)17-10-13-5-7-19(8-6-13)11-14-4-3-9-22-14/h3-4,9,12-13H,5-8,10-11H2,1-2H3,(H,17,20)(H,18,21). The van der Waals surface area contributed by atoms with Crippen molar-refractivity contribution in [1.29, 1.82) is 0 Å². The number of piperidine rings is 1. The van der Waals surface area contributed by atoms with Gasteiger partial charge >= 0.3 is 11.8 Å². The second kappa shape index (κ2) is 7.98. The van der Waals surface area contributed by atoms with E-state index in [0.29, 0.717) is 12.5 Å². The third kappa shape index (κ3) is 5.18. The molecule has 1 aromatic rings. The molecule has 1 aliphatic heterocycles. The number of nitrogens with zero attached hydrogens (tertiary/aromatic N) is 1. The van der Waals surface area contributed by atoms with Crippen LogP contribution in [0.1, 0.15) is 32.4 Å². The first kappa shape index (κ1) is 16.5. The Kier molecular flexibility index (Phi) is 6.00. The molecule has 1 aromatic heterocycles. The molecule has 0 saturated carbocycles. The van der Waals surface area contributed by atoms with Crippen LogP contribution in [0.2, 0.25) is 0 Å². The Morgan fingerprint density at radius 1 is 1.32 bits per heavy atom. The van der Waals surface area contributed by atoms with Gasteiger partial charge in [0.15, 0.2) is 0 Å². The fraction of sp³-hybridized carbons (Fsp3) is 0.625. The van der Waals surface area contributed by atoms with Gasteiger partial charge in [0.05, 0.1) is 12.8 Å². The Balaban J connectivity index is 1.65. The lowest BCUT2D eigenvalue weighted by atomic mass is 9.96. The summed E-state index contributed by atoms with van der Waals surface area (Å²) in [4.78, 5) is 25.5. The van der Waals surface area contributed by atoms with Crippen molar-refractivity contribution in [3.8, 4) is 0 Å². The van der Waals surface area contributed by atoms with E-state index in [1.54, 1.807) is 6.26 Å². The molecule has 2 rings (SSSR count). The van der Waals surface area contributed by atoms with Gasteiger partial charge in [-0.05, 0) is 57.8 Å². The molecule has 0 atom stereocenters. The van der Waals surface area contributed by atoms with E-state index >= 15 is 0 Å². The van der Waals surface area contributed by atoms with Crippen LogP contribution < -0.4 is 10.6 Å². The number of hydrogen-bond donors (Lipinski definition) is 2. The number of carbonyl (C=O) groups is 2. The Labute approximate surface area is 131 Å². The zero-order chi connectivity index (χ0) is 15.9. The van der Waals surface area contributed by atoms with Crippen molar-refractivity contribution in [3.63, 3.8) is 0 Å². The van der Waals surface area contributed by atoms with Crippen molar-refractivity contribution in [2.75, 3.05) is 19.6 Å². The fourth-order valence-corrected chi connectivity index (χ4v) is 2.62. The van der Waals surface area contributed by atoms with Crippen molar-refractivity contribution in [2.45, 2.75) is 39.3 Å². The molecular formula is C16H25N3O3. The highest BCUT2D eigenvalue weighted by Gasteiger charge is 2.21. The summed E-state index contributed by atoms with van der Waals surface area (Å²) in [5.74, 6) is 0.331. The maximum absolute atomic E-state index is 11.7. The highest BCUT2D eigenvalue weighted by molar-refractivity contribution is 6.35. The average Bonchev–Trinajstić information content (AvgIpc) is 2.98. The Hall–Kier alpha value is -1.82. The second-order valence-electron chi connectivity index (χ2n) is 6.14. The number of amides is 2. The molecule has 22 heavy (non-hydrogen) atoms. The molecule has 1 aliphatic rings. The molecule has 6 nitrogen and oxygen atoms in total. The molecule has 2 amide bonds. The van der Waals surface area contributed by atoms with E-state index in [9.17, 15) is 9.59 Å². The average molecular weight is 307 g/mol. The van der Waals surface area contributed by atoms with Gasteiger partial charge in [-0.3, -0.25) is 14.5 Å². The summed E-state index contributed by atoms with van der Waals surface area (Å²) in [5, 5.41) is 5.32. The Morgan fingerprint density at radius 2 is 2.05 bits per heavy atom. The van der Waals surface area contributed by atoms with Crippen LogP contribution in [0.4, 0.5) is 0 Å². The lowest BCUT2D eigenvalue weighted by Gasteiger charge is -2.31. The Bertz CT molecular complexity index is 477. The topological polar surface area (TPSA) is 74.6 Å². The number of rotatable bonds is 5. The maximum Gasteiger partial charge on any atom is 0.309 e. The summed E-state index contributed by atoms with van der Waals surface area (Å²) in [5.41, 5.74) is 0. The van der Waals surface area contributed by atoms with Crippen molar-refractivity contribution < 1.29 is 14.0 Å². The number of carbonyl (C=O) groups excluding carboxylic acids is 2. The van der Waals surface area contributed by atoms with Crippen LogP contribution in [-0.2, 0) is 16.1 Å². The normalized spacial score (nSPS) is 16.7. The monoisotopic (exact) mass is 307 g/mol. The van der Waals surface area contributed by atoms with Crippen LogP contribution in [0.5, 0.6) is 0 Å². The predicted molar refractivity (Wildman–Crippen MR) is 83.0 cm³/mol. The maximum atomic E-state index is 11.7. The van der Waals surface area contributed by atoms with Crippen LogP contribution in [0.15, 0.2) is 22.8 Å². The van der Waals surface area contributed by atoms with Gasteiger partial charge in [0, 0.05) is 12.6 Å². The highest BCUT2D eigenvalue weighted by Crippen LogP contribution is 2.18. The molecule has 6 heteroatoms. The summed E-state index contributed by atoms with van der Waals surface area (Å²) >= 11 is 0. The van der Waals surface area contributed by atoms with E-state index in [4.69, 9.17) is 4.42 Å². The summed E-state index contributed by atoms with van der Waals surface area (Å²) < 4.78 is 5.36. The van der Waals surface area contributed by atoms with Crippen LogP contribution in [-0.4, -0.2) is 42.4 Å². The third-order valence-corrected chi connectivity index (χ3v) is 3.84. The SMILES string of the molecule is CC(C)NC(=O)C(=O)NCC1CCN(Cc2ccco2)CC1. The predicted octanol–water partition coefficient (Wildman–Crippen LogP) is 1.13. The van der Waals surface area contributed by atoms with E-state index in [1.165, 1.54) is 0 Å². The van der Waals surface area contributed by atoms with E-state index < -0.39 is 11.8 Å². The quantitative estimate of drug-likeness (QED) is 0.800. The van der Waals surface area contributed by atoms with Gasteiger partial charge in [-0.15, -0.1) is 0 Å². The molecule has 0 unspecified atom stereocenters.